The molecule has 0 N–H and O–H groups in total. The topological polar surface area (TPSA) is 54.0 Å². The zero-order chi connectivity index (χ0) is 36.6. The predicted molar refractivity (Wildman–Crippen MR) is 210 cm³/mol. The van der Waals surface area contributed by atoms with Crippen molar-refractivity contribution in [2.24, 2.45) is 11.3 Å². The minimum absolute atomic E-state index is 0.0159. The molecule has 0 saturated heterocycles. The van der Waals surface area contributed by atoms with E-state index in [1.165, 1.54) is 23.1 Å². The molecule has 0 amide bonds. The molecular formula is C42H72O5Si2. The molecule has 0 aromatic heterocycles. The number of carbonyl (C=O) groups is 1. The third-order valence-electron chi connectivity index (χ3n) is 13.5. The molecule has 0 aromatic rings. The second-order valence-corrected chi connectivity index (χ2v) is 28.9. The first-order chi connectivity index (χ1) is 22.5. The van der Waals surface area contributed by atoms with E-state index in [1.54, 1.807) is 0 Å². The molecule has 5 nitrogen and oxygen atoms in total. The highest BCUT2D eigenvalue weighted by Crippen LogP contribution is 2.56. The molecule has 0 spiro atoms. The van der Waals surface area contributed by atoms with Crippen molar-refractivity contribution in [2.75, 3.05) is 6.61 Å². The Morgan fingerprint density at radius 3 is 2.16 bits per heavy atom. The largest absolute Gasteiger partial charge is 0.458 e. The Morgan fingerprint density at radius 2 is 1.55 bits per heavy atom. The van der Waals surface area contributed by atoms with Crippen LogP contribution in [0.15, 0.2) is 47.1 Å². The summed E-state index contributed by atoms with van der Waals surface area (Å²) >= 11 is 0. The lowest BCUT2D eigenvalue weighted by Crippen LogP contribution is -2.49. The van der Waals surface area contributed by atoms with Gasteiger partial charge in [0.05, 0.1) is 18.3 Å². The van der Waals surface area contributed by atoms with Gasteiger partial charge >= 0.3 is 5.97 Å². The van der Waals surface area contributed by atoms with Crippen LogP contribution in [-0.2, 0) is 23.1 Å². The van der Waals surface area contributed by atoms with Crippen molar-refractivity contribution in [3.05, 3.63) is 47.1 Å². The Kier molecular flexibility index (Phi) is 12.4. The number of hydrogen-bond acceptors (Lipinski definition) is 5. The summed E-state index contributed by atoms with van der Waals surface area (Å²) < 4.78 is 26.3. The third kappa shape index (κ3) is 9.41. The normalized spacial score (nSPS) is 30.7. The molecule has 5 atom stereocenters. The van der Waals surface area contributed by atoms with Gasteiger partial charge in [-0.05, 0) is 136 Å². The van der Waals surface area contributed by atoms with E-state index >= 15 is 0 Å². The highest BCUT2D eigenvalue weighted by molar-refractivity contribution is 6.74. The first kappa shape index (κ1) is 40.5. The quantitative estimate of drug-likeness (QED) is 0.128. The summed E-state index contributed by atoms with van der Waals surface area (Å²) in [7, 11) is -3.98. The van der Waals surface area contributed by atoms with Crippen LogP contribution >= 0.6 is 0 Å². The molecule has 0 aromatic carbocycles. The minimum Gasteiger partial charge on any atom is -0.458 e. The summed E-state index contributed by atoms with van der Waals surface area (Å²) in [5.74, 6) is 0.217. The monoisotopic (exact) mass is 712 g/mol. The lowest BCUT2D eigenvalue weighted by molar-refractivity contribution is -0.167. The van der Waals surface area contributed by atoms with Crippen LogP contribution in [0, 0.1) is 11.3 Å². The number of allylic oxidation sites excluding steroid dienone is 4. The lowest BCUT2D eigenvalue weighted by Gasteiger charge is -2.45. The maximum absolute atomic E-state index is 12.8. The fourth-order valence-corrected chi connectivity index (χ4v) is 10.9. The van der Waals surface area contributed by atoms with Crippen LogP contribution in [-0.4, -0.2) is 53.1 Å². The van der Waals surface area contributed by atoms with Gasteiger partial charge in [-0.3, -0.25) is 0 Å². The van der Waals surface area contributed by atoms with Crippen LogP contribution in [0.2, 0.25) is 36.3 Å². The molecule has 0 heterocycles. The molecule has 0 radical (unpaired) electrons. The van der Waals surface area contributed by atoms with Crippen molar-refractivity contribution in [3.8, 4) is 0 Å². The van der Waals surface area contributed by atoms with Gasteiger partial charge in [-0.15, -0.1) is 0 Å². The van der Waals surface area contributed by atoms with Crippen molar-refractivity contribution >= 4 is 22.6 Å². The predicted octanol–water partition coefficient (Wildman–Crippen LogP) is 11.8. The maximum Gasteiger partial charge on any atom is 0.332 e. The number of esters is 1. The van der Waals surface area contributed by atoms with Gasteiger partial charge in [-0.2, -0.15) is 0 Å². The number of hydrogen-bond donors (Lipinski definition) is 0. The molecule has 0 bridgehead atoms. The summed E-state index contributed by atoms with van der Waals surface area (Å²) in [6.07, 6.45) is 18.8. The Balaban J connectivity index is 1.50. The van der Waals surface area contributed by atoms with Crippen molar-refractivity contribution in [3.63, 3.8) is 0 Å². The number of fused-ring (bicyclic) bond motifs is 1. The zero-order valence-corrected chi connectivity index (χ0v) is 35.8. The molecule has 49 heavy (non-hydrogen) atoms. The van der Waals surface area contributed by atoms with Gasteiger partial charge in [0.25, 0.3) is 0 Å². The van der Waals surface area contributed by atoms with Crippen molar-refractivity contribution < 1.29 is 23.1 Å². The standard InChI is InChI=1S/C42H72O5Si2/c1-30-33(27-34(46-48(11,12)39(3,4)5)28-37(30)47-49(13,14)40(6,7)8)21-20-32-19-18-26-42(10)35(22-23-36(32)42)31(2)44-29-38(43)45-41(9)24-16-15-17-25-41/h20-22,31,34,36-37H,1,15-19,23-29H2,2-14H3/t31-,34+,36-,37-,42+/m0/s1. The van der Waals surface area contributed by atoms with Crippen LogP contribution in [0.1, 0.15) is 133 Å². The molecule has 0 unspecified atom stereocenters. The van der Waals surface area contributed by atoms with Crippen LogP contribution in [0.25, 0.3) is 0 Å². The third-order valence-corrected chi connectivity index (χ3v) is 22.5. The van der Waals surface area contributed by atoms with Crippen LogP contribution in [0.3, 0.4) is 0 Å². The smallest absolute Gasteiger partial charge is 0.332 e. The van der Waals surface area contributed by atoms with Crippen molar-refractivity contribution in [1.29, 1.82) is 0 Å². The van der Waals surface area contributed by atoms with Gasteiger partial charge in [0, 0.05) is 6.42 Å². The zero-order valence-electron chi connectivity index (χ0n) is 33.8. The fraction of sp³-hybridized carbons (Fsp3) is 0.786. The minimum atomic E-state index is -2.01. The second kappa shape index (κ2) is 15.0. The van der Waals surface area contributed by atoms with Crippen molar-refractivity contribution in [1.82, 2.24) is 0 Å². The van der Waals surface area contributed by atoms with Crippen LogP contribution < -0.4 is 0 Å². The Hall–Kier alpha value is -1.26. The first-order valence-electron chi connectivity index (χ1n) is 19.5. The molecule has 278 valence electrons. The van der Waals surface area contributed by atoms with Gasteiger partial charge in [0.2, 0.25) is 0 Å². The Bertz CT molecular complexity index is 1300. The Labute approximate surface area is 303 Å². The molecule has 3 fully saturated rings. The van der Waals surface area contributed by atoms with Crippen molar-refractivity contribution in [2.45, 2.75) is 193 Å². The van der Waals surface area contributed by atoms with E-state index in [4.69, 9.17) is 18.3 Å². The molecule has 0 aliphatic heterocycles. The summed E-state index contributed by atoms with van der Waals surface area (Å²) in [4.78, 5) is 12.8. The number of carbonyl (C=O) groups excluding carboxylic acids is 1. The highest BCUT2D eigenvalue weighted by Gasteiger charge is 2.47. The van der Waals surface area contributed by atoms with E-state index in [0.717, 1.165) is 69.8 Å². The second-order valence-electron chi connectivity index (χ2n) is 19.4. The van der Waals surface area contributed by atoms with Gasteiger partial charge in [0.1, 0.15) is 12.2 Å². The Morgan fingerprint density at radius 1 is 0.939 bits per heavy atom. The molecule has 4 rings (SSSR count). The average molecular weight is 713 g/mol. The van der Waals surface area contributed by atoms with E-state index in [1.807, 2.05) is 0 Å². The molecule has 7 heteroatoms. The fourth-order valence-electron chi connectivity index (χ4n) is 8.24. The van der Waals surface area contributed by atoms with E-state index in [2.05, 4.69) is 113 Å². The summed E-state index contributed by atoms with van der Waals surface area (Å²) in [5.41, 5.74) is 4.99. The number of ether oxygens (including phenoxy) is 2. The molecule has 4 aliphatic rings. The molecule has 4 aliphatic carbocycles. The van der Waals surface area contributed by atoms with Gasteiger partial charge in [0.15, 0.2) is 16.6 Å². The molecular weight excluding hydrogens is 641 g/mol. The van der Waals surface area contributed by atoms with Gasteiger partial charge < -0.3 is 18.3 Å². The summed E-state index contributed by atoms with van der Waals surface area (Å²) in [6, 6.07) is 0. The first-order valence-corrected chi connectivity index (χ1v) is 25.3. The SMILES string of the molecule is C=C1C(=CC=C2CCC[C@]3(C)C([C@H](C)OCC(=O)OC4(C)CCCCC4)=CC[C@@H]23)C[C@@H](O[Si](C)(C)C(C)(C)C)C[C@@H]1O[Si](C)(C)C(C)(C)C. The van der Waals surface area contributed by atoms with Gasteiger partial charge in [-0.1, -0.05) is 85.3 Å². The number of rotatable bonds is 10. The highest BCUT2D eigenvalue weighted by atomic mass is 28.4. The lowest BCUT2D eigenvalue weighted by atomic mass is 9.63. The maximum atomic E-state index is 12.8. The van der Waals surface area contributed by atoms with E-state index < -0.39 is 16.6 Å². The molecule has 3 saturated carbocycles. The van der Waals surface area contributed by atoms with Gasteiger partial charge in [-0.25, -0.2) is 4.79 Å². The van der Waals surface area contributed by atoms with Crippen LogP contribution in [0.4, 0.5) is 0 Å². The summed E-state index contributed by atoms with van der Waals surface area (Å²) in [5, 5.41) is 0.276. The summed E-state index contributed by atoms with van der Waals surface area (Å²) in [6.45, 7) is 34.6. The van der Waals surface area contributed by atoms with E-state index in [-0.39, 0.29) is 52.0 Å². The van der Waals surface area contributed by atoms with Crippen LogP contribution in [0.5, 0.6) is 0 Å². The average Bonchev–Trinajstić information content (AvgIpc) is 3.33. The van der Waals surface area contributed by atoms with E-state index in [9.17, 15) is 4.79 Å². The van der Waals surface area contributed by atoms with E-state index in [0.29, 0.717) is 5.92 Å².